The summed E-state index contributed by atoms with van der Waals surface area (Å²) in [6, 6.07) is 4.26. The Bertz CT molecular complexity index is 484. The van der Waals surface area contributed by atoms with E-state index in [1.165, 1.54) is 6.07 Å². The van der Waals surface area contributed by atoms with Gasteiger partial charge in [0.05, 0.1) is 0 Å². The van der Waals surface area contributed by atoms with Gasteiger partial charge in [-0.25, -0.2) is 4.79 Å². The number of carbonyl (C=O) groups excluding carboxylic acids is 1. The standard InChI is InChI=1S/C15H22F2N2O3/c1-3-12(6-7-20)19-15(21)18-9-11-8-10(2)4-5-13(11)22-14(16)17/h4-5,8,12,14,20H,3,6-7,9H2,1-2H3,(H2,18,19,21). The highest BCUT2D eigenvalue weighted by molar-refractivity contribution is 5.74. The Morgan fingerprint density at radius 3 is 2.73 bits per heavy atom. The minimum Gasteiger partial charge on any atom is -0.434 e. The van der Waals surface area contributed by atoms with Crippen molar-refractivity contribution < 1.29 is 23.4 Å². The number of urea groups is 1. The Morgan fingerprint density at radius 2 is 2.14 bits per heavy atom. The second-order valence-electron chi connectivity index (χ2n) is 4.93. The van der Waals surface area contributed by atoms with E-state index in [9.17, 15) is 13.6 Å². The predicted molar refractivity (Wildman–Crippen MR) is 79.0 cm³/mol. The van der Waals surface area contributed by atoms with Crippen LogP contribution >= 0.6 is 0 Å². The van der Waals surface area contributed by atoms with Gasteiger partial charge in [-0.1, -0.05) is 24.6 Å². The molecular formula is C15H22F2N2O3. The van der Waals surface area contributed by atoms with Crippen molar-refractivity contribution in [2.24, 2.45) is 0 Å². The maximum absolute atomic E-state index is 12.4. The van der Waals surface area contributed by atoms with E-state index < -0.39 is 12.6 Å². The first kappa shape index (κ1) is 18.2. The van der Waals surface area contributed by atoms with Crippen LogP contribution in [0.15, 0.2) is 18.2 Å². The molecule has 0 aliphatic rings. The average molecular weight is 316 g/mol. The topological polar surface area (TPSA) is 70.6 Å². The molecule has 0 aromatic heterocycles. The van der Waals surface area contributed by atoms with Gasteiger partial charge < -0.3 is 20.5 Å². The summed E-state index contributed by atoms with van der Waals surface area (Å²) in [5.74, 6) is 0.0447. The van der Waals surface area contributed by atoms with Crippen molar-refractivity contribution in [2.45, 2.75) is 45.9 Å². The fourth-order valence-electron chi connectivity index (χ4n) is 2.00. The Morgan fingerprint density at radius 1 is 1.41 bits per heavy atom. The van der Waals surface area contributed by atoms with Crippen LogP contribution in [0.1, 0.15) is 30.9 Å². The van der Waals surface area contributed by atoms with Crippen LogP contribution in [0.2, 0.25) is 0 Å². The first-order valence-electron chi connectivity index (χ1n) is 7.15. The first-order chi connectivity index (χ1) is 10.5. The number of aliphatic hydroxyl groups excluding tert-OH is 1. The SMILES string of the molecule is CCC(CCO)NC(=O)NCc1cc(C)ccc1OC(F)F. The average Bonchev–Trinajstić information content (AvgIpc) is 2.46. The van der Waals surface area contributed by atoms with Gasteiger partial charge in [-0.05, 0) is 25.8 Å². The van der Waals surface area contributed by atoms with Crippen molar-refractivity contribution in [3.05, 3.63) is 29.3 Å². The van der Waals surface area contributed by atoms with E-state index in [2.05, 4.69) is 15.4 Å². The minimum absolute atomic E-state index is 0.0109. The molecule has 5 nitrogen and oxygen atoms in total. The summed E-state index contributed by atoms with van der Waals surface area (Å²) in [4.78, 5) is 11.8. The van der Waals surface area contributed by atoms with E-state index in [1.54, 1.807) is 12.1 Å². The summed E-state index contributed by atoms with van der Waals surface area (Å²) in [6.07, 6.45) is 1.16. The number of ether oxygens (including phenoxy) is 1. The van der Waals surface area contributed by atoms with Gasteiger partial charge >= 0.3 is 12.6 Å². The van der Waals surface area contributed by atoms with Crippen LogP contribution in [0.25, 0.3) is 0 Å². The van der Waals surface area contributed by atoms with Gasteiger partial charge in [0.25, 0.3) is 0 Å². The Hall–Kier alpha value is -1.89. The molecule has 22 heavy (non-hydrogen) atoms. The molecule has 0 aliphatic heterocycles. The Labute approximate surface area is 128 Å². The highest BCUT2D eigenvalue weighted by Gasteiger charge is 2.13. The van der Waals surface area contributed by atoms with Gasteiger partial charge in [0.15, 0.2) is 0 Å². The van der Waals surface area contributed by atoms with Crippen molar-refractivity contribution in [2.75, 3.05) is 6.61 Å². The summed E-state index contributed by atoms with van der Waals surface area (Å²) < 4.78 is 29.1. The normalized spacial score (nSPS) is 12.1. The van der Waals surface area contributed by atoms with Crippen LogP contribution in [-0.4, -0.2) is 30.4 Å². The molecule has 0 aliphatic carbocycles. The molecule has 124 valence electrons. The number of hydrogen-bond acceptors (Lipinski definition) is 3. The number of aliphatic hydroxyl groups is 1. The molecule has 2 amide bonds. The van der Waals surface area contributed by atoms with Crippen LogP contribution in [0, 0.1) is 6.92 Å². The number of alkyl halides is 2. The van der Waals surface area contributed by atoms with E-state index in [4.69, 9.17) is 5.11 Å². The number of carbonyl (C=O) groups is 1. The van der Waals surface area contributed by atoms with Gasteiger partial charge in [0.2, 0.25) is 0 Å². The van der Waals surface area contributed by atoms with Gasteiger partial charge in [0, 0.05) is 24.8 Å². The third kappa shape index (κ3) is 6.26. The number of nitrogens with one attached hydrogen (secondary N) is 2. The van der Waals surface area contributed by atoms with E-state index >= 15 is 0 Å². The van der Waals surface area contributed by atoms with E-state index in [0.717, 1.165) is 5.56 Å². The summed E-state index contributed by atoms with van der Waals surface area (Å²) in [7, 11) is 0. The predicted octanol–water partition coefficient (Wildman–Crippen LogP) is 2.56. The largest absolute Gasteiger partial charge is 0.434 e. The van der Waals surface area contributed by atoms with Crippen LogP contribution in [0.4, 0.5) is 13.6 Å². The van der Waals surface area contributed by atoms with Gasteiger partial charge in [-0.15, -0.1) is 0 Å². The first-order valence-corrected chi connectivity index (χ1v) is 7.15. The Balaban J connectivity index is 2.62. The molecule has 0 fully saturated rings. The molecule has 0 spiro atoms. The second-order valence-corrected chi connectivity index (χ2v) is 4.93. The highest BCUT2D eigenvalue weighted by atomic mass is 19.3. The van der Waals surface area contributed by atoms with E-state index in [0.29, 0.717) is 18.4 Å². The number of benzene rings is 1. The van der Waals surface area contributed by atoms with Crippen LogP contribution in [0.5, 0.6) is 5.75 Å². The number of halogens is 2. The fourth-order valence-corrected chi connectivity index (χ4v) is 2.00. The molecular weight excluding hydrogens is 294 g/mol. The molecule has 0 saturated heterocycles. The van der Waals surface area contributed by atoms with Gasteiger partial charge in [-0.2, -0.15) is 8.78 Å². The van der Waals surface area contributed by atoms with E-state index in [1.807, 2.05) is 13.8 Å². The smallest absolute Gasteiger partial charge is 0.387 e. The minimum atomic E-state index is -2.91. The maximum Gasteiger partial charge on any atom is 0.387 e. The lowest BCUT2D eigenvalue weighted by molar-refractivity contribution is -0.0504. The lowest BCUT2D eigenvalue weighted by Crippen LogP contribution is -2.42. The van der Waals surface area contributed by atoms with Crippen LogP contribution in [-0.2, 0) is 6.54 Å². The molecule has 0 heterocycles. The number of hydrogen-bond donors (Lipinski definition) is 3. The molecule has 1 rings (SSSR count). The number of amides is 2. The van der Waals surface area contributed by atoms with Crippen LogP contribution < -0.4 is 15.4 Å². The molecule has 0 bridgehead atoms. The monoisotopic (exact) mass is 316 g/mol. The highest BCUT2D eigenvalue weighted by Crippen LogP contribution is 2.21. The third-order valence-electron chi connectivity index (χ3n) is 3.18. The van der Waals surface area contributed by atoms with Crippen molar-refractivity contribution in [3.8, 4) is 5.75 Å². The van der Waals surface area contributed by atoms with Gasteiger partial charge in [0.1, 0.15) is 5.75 Å². The molecule has 1 atom stereocenters. The zero-order chi connectivity index (χ0) is 16.5. The van der Waals surface area contributed by atoms with Crippen LogP contribution in [0.3, 0.4) is 0 Å². The van der Waals surface area contributed by atoms with Crippen molar-refractivity contribution in [1.29, 1.82) is 0 Å². The molecule has 7 heteroatoms. The zero-order valence-electron chi connectivity index (χ0n) is 12.7. The third-order valence-corrected chi connectivity index (χ3v) is 3.18. The van der Waals surface area contributed by atoms with E-state index in [-0.39, 0.29) is 24.9 Å². The van der Waals surface area contributed by atoms with Gasteiger partial charge in [-0.3, -0.25) is 0 Å². The summed E-state index contributed by atoms with van der Waals surface area (Å²) in [6.45, 7) is 0.873. The van der Waals surface area contributed by atoms with Crippen molar-refractivity contribution in [1.82, 2.24) is 10.6 Å². The molecule has 0 saturated carbocycles. The maximum atomic E-state index is 12.4. The molecule has 3 N–H and O–H groups in total. The quantitative estimate of drug-likeness (QED) is 0.690. The Kier molecular flexibility index (Phi) is 7.59. The summed E-state index contributed by atoms with van der Waals surface area (Å²) in [5.41, 5.74) is 1.36. The fraction of sp³-hybridized carbons (Fsp3) is 0.533. The number of rotatable bonds is 8. The second kappa shape index (κ2) is 9.19. The lowest BCUT2D eigenvalue weighted by Gasteiger charge is -2.17. The molecule has 1 aromatic carbocycles. The summed E-state index contributed by atoms with van der Waals surface area (Å²) in [5, 5.41) is 14.2. The van der Waals surface area contributed by atoms with Crippen molar-refractivity contribution >= 4 is 6.03 Å². The lowest BCUT2D eigenvalue weighted by atomic mass is 10.1. The number of aryl methyl sites for hydroxylation is 1. The molecule has 0 radical (unpaired) electrons. The zero-order valence-corrected chi connectivity index (χ0v) is 12.7. The summed E-state index contributed by atoms with van der Waals surface area (Å²) >= 11 is 0. The molecule has 1 unspecified atom stereocenters. The van der Waals surface area contributed by atoms with Crippen molar-refractivity contribution in [3.63, 3.8) is 0 Å². The molecule has 1 aromatic rings.